The quantitative estimate of drug-likeness (QED) is 0.921. The Morgan fingerprint density at radius 1 is 1.27 bits per heavy atom. The summed E-state index contributed by atoms with van der Waals surface area (Å²) in [5, 5.41) is 3.43. The second-order valence-electron chi connectivity index (χ2n) is 5.60. The van der Waals surface area contributed by atoms with Gasteiger partial charge in [-0.05, 0) is 18.9 Å². The highest BCUT2D eigenvalue weighted by molar-refractivity contribution is 5.85. The molecule has 2 bridgehead atoms. The number of para-hydroxylation sites is 1. The number of likely N-dealkylation sites (tertiary alicyclic amines) is 1. The highest BCUT2D eigenvalue weighted by Crippen LogP contribution is 2.26. The minimum absolute atomic E-state index is 0. The topological polar surface area (TPSA) is 41.6 Å². The molecule has 1 N–H and O–H groups in total. The van der Waals surface area contributed by atoms with Crippen molar-refractivity contribution in [3.05, 3.63) is 29.8 Å². The van der Waals surface area contributed by atoms with E-state index in [2.05, 4.69) is 10.1 Å². The maximum atomic E-state index is 12.4. The molecule has 2 saturated heterocycles. The predicted octanol–water partition coefficient (Wildman–Crippen LogP) is 2.56. The maximum Gasteiger partial charge on any atom is 0.387 e. The van der Waals surface area contributed by atoms with Crippen LogP contribution in [0.3, 0.4) is 0 Å². The van der Waals surface area contributed by atoms with E-state index in [0.29, 0.717) is 31.1 Å². The van der Waals surface area contributed by atoms with Crippen LogP contribution in [0.15, 0.2) is 24.3 Å². The van der Waals surface area contributed by atoms with Crippen LogP contribution in [-0.2, 0) is 11.3 Å². The van der Waals surface area contributed by atoms with Gasteiger partial charge >= 0.3 is 6.61 Å². The molecular weight excluding hydrogens is 314 g/mol. The Balaban J connectivity index is 0.00000176. The summed E-state index contributed by atoms with van der Waals surface area (Å²) in [6.45, 7) is -1.92. The molecule has 0 radical (unpaired) electrons. The average molecular weight is 333 g/mol. The van der Waals surface area contributed by atoms with Gasteiger partial charge < -0.3 is 15.0 Å². The van der Waals surface area contributed by atoms with Gasteiger partial charge in [-0.15, -0.1) is 12.4 Å². The molecule has 2 heterocycles. The third-order valence-electron chi connectivity index (χ3n) is 4.10. The number of halogens is 3. The lowest BCUT2D eigenvalue weighted by molar-refractivity contribution is -0.131. The predicted molar refractivity (Wildman–Crippen MR) is 80.3 cm³/mol. The Bertz CT molecular complexity index is 530. The lowest BCUT2D eigenvalue weighted by Crippen LogP contribution is -2.37. The normalized spacial score (nSPS) is 24.1. The molecule has 0 aromatic heterocycles. The van der Waals surface area contributed by atoms with Gasteiger partial charge in [-0.2, -0.15) is 8.78 Å². The van der Waals surface area contributed by atoms with Crippen LogP contribution in [0.5, 0.6) is 5.75 Å². The minimum atomic E-state index is -2.86. The number of alkyl halides is 2. The molecule has 0 saturated carbocycles. The van der Waals surface area contributed by atoms with Crippen molar-refractivity contribution in [1.82, 2.24) is 10.2 Å². The summed E-state index contributed by atoms with van der Waals surface area (Å²) in [6.07, 6.45) is 2.58. The molecule has 3 rings (SSSR count). The summed E-state index contributed by atoms with van der Waals surface area (Å²) in [5.74, 6) is 0.212. The zero-order valence-electron chi connectivity index (χ0n) is 12.0. The second-order valence-corrected chi connectivity index (χ2v) is 5.60. The van der Waals surface area contributed by atoms with Gasteiger partial charge in [0, 0.05) is 37.2 Å². The van der Waals surface area contributed by atoms with Gasteiger partial charge in [-0.25, -0.2) is 0 Å². The number of amides is 1. The van der Waals surface area contributed by atoms with Crippen LogP contribution >= 0.6 is 12.4 Å². The summed E-state index contributed by atoms with van der Waals surface area (Å²) in [7, 11) is 0. The van der Waals surface area contributed by atoms with E-state index in [1.54, 1.807) is 23.1 Å². The third kappa shape index (κ3) is 3.87. The van der Waals surface area contributed by atoms with E-state index in [-0.39, 0.29) is 30.1 Å². The van der Waals surface area contributed by atoms with Gasteiger partial charge in [0.25, 0.3) is 0 Å². The van der Waals surface area contributed by atoms with Crippen molar-refractivity contribution in [2.75, 3.05) is 6.54 Å². The molecule has 22 heavy (non-hydrogen) atoms. The average Bonchev–Trinajstić information content (AvgIpc) is 2.79. The first-order valence-corrected chi connectivity index (χ1v) is 7.18. The monoisotopic (exact) mass is 332 g/mol. The molecule has 2 fully saturated rings. The van der Waals surface area contributed by atoms with E-state index in [9.17, 15) is 13.6 Å². The Morgan fingerprint density at radius 2 is 2.00 bits per heavy atom. The SMILES string of the molecule is Cl.O=C1C[C@H]2CC[C@@H](CN1Cc1ccccc1OC(F)F)N2. The number of rotatable bonds is 4. The van der Waals surface area contributed by atoms with Crippen molar-refractivity contribution in [3.8, 4) is 5.75 Å². The molecule has 2 atom stereocenters. The number of carbonyl (C=O) groups is 1. The van der Waals surface area contributed by atoms with E-state index in [4.69, 9.17) is 0 Å². The van der Waals surface area contributed by atoms with Crippen molar-refractivity contribution in [1.29, 1.82) is 0 Å². The molecular formula is C15H19ClF2N2O2. The maximum absolute atomic E-state index is 12.4. The number of nitrogens with zero attached hydrogens (tertiary/aromatic N) is 1. The molecule has 1 amide bonds. The number of benzene rings is 1. The van der Waals surface area contributed by atoms with E-state index in [1.165, 1.54) is 6.07 Å². The van der Waals surface area contributed by atoms with Crippen LogP contribution in [0.4, 0.5) is 8.78 Å². The van der Waals surface area contributed by atoms with Crippen LogP contribution in [0.1, 0.15) is 24.8 Å². The van der Waals surface area contributed by atoms with Crippen LogP contribution < -0.4 is 10.1 Å². The standard InChI is InChI=1S/C15H18F2N2O2.ClH/c16-15(17)21-13-4-2-1-3-10(13)8-19-9-12-6-5-11(18-12)7-14(19)20;/h1-4,11-12,15,18H,5-9H2;1H/t11-,12+;/m1./s1. The first-order chi connectivity index (χ1) is 10.1. The summed E-state index contributed by atoms with van der Waals surface area (Å²) < 4.78 is 29.4. The molecule has 2 aliphatic heterocycles. The zero-order valence-corrected chi connectivity index (χ0v) is 12.8. The largest absolute Gasteiger partial charge is 0.434 e. The highest BCUT2D eigenvalue weighted by atomic mass is 35.5. The summed E-state index contributed by atoms with van der Waals surface area (Å²) in [6, 6.07) is 7.22. The second kappa shape index (κ2) is 7.24. The van der Waals surface area contributed by atoms with Gasteiger partial charge in [0.2, 0.25) is 5.91 Å². The number of hydrogen-bond donors (Lipinski definition) is 1. The van der Waals surface area contributed by atoms with E-state index >= 15 is 0 Å². The van der Waals surface area contributed by atoms with Crippen molar-refractivity contribution >= 4 is 18.3 Å². The molecule has 1 aromatic carbocycles. The molecule has 0 aliphatic carbocycles. The van der Waals surface area contributed by atoms with Gasteiger partial charge in [0.05, 0.1) is 0 Å². The lowest BCUT2D eigenvalue weighted by Gasteiger charge is -2.25. The number of hydrogen-bond acceptors (Lipinski definition) is 3. The van der Waals surface area contributed by atoms with Gasteiger partial charge in [0.15, 0.2) is 0 Å². The van der Waals surface area contributed by atoms with Gasteiger partial charge in [-0.3, -0.25) is 4.79 Å². The molecule has 1 aromatic rings. The molecule has 2 aliphatic rings. The van der Waals surface area contributed by atoms with Crippen LogP contribution in [-0.4, -0.2) is 36.0 Å². The van der Waals surface area contributed by atoms with Gasteiger partial charge in [-0.1, -0.05) is 18.2 Å². The summed E-state index contributed by atoms with van der Waals surface area (Å²) in [4.78, 5) is 14.0. The minimum Gasteiger partial charge on any atom is -0.434 e. The Morgan fingerprint density at radius 3 is 2.77 bits per heavy atom. The zero-order chi connectivity index (χ0) is 14.8. The fraction of sp³-hybridized carbons (Fsp3) is 0.533. The molecule has 0 unspecified atom stereocenters. The summed E-state index contributed by atoms with van der Waals surface area (Å²) >= 11 is 0. The molecule has 7 heteroatoms. The summed E-state index contributed by atoms with van der Waals surface area (Å²) in [5.41, 5.74) is 0.615. The number of ether oxygens (including phenoxy) is 1. The molecule has 0 spiro atoms. The van der Waals surface area contributed by atoms with Crippen LogP contribution in [0, 0.1) is 0 Å². The first-order valence-electron chi connectivity index (χ1n) is 7.18. The lowest BCUT2D eigenvalue weighted by atomic mass is 10.1. The van der Waals surface area contributed by atoms with E-state index in [0.717, 1.165) is 12.8 Å². The van der Waals surface area contributed by atoms with Crippen LogP contribution in [0.2, 0.25) is 0 Å². The Hall–Kier alpha value is -1.40. The number of nitrogens with one attached hydrogen (secondary N) is 1. The van der Waals surface area contributed by atoms with Crippen molar-refractivity contribution in [2.45, 2.75) is 44.5 Å². The van der Waals surface area contributed by atoms with Crippen LogP contribution in [0.25, 0.3) is 0 Å². The van der Waals surface area contributed by atoms with Crippen molar-refractivity contribution in [3.63, 3.8) is 0 Å². The first kappa shape index (κ1) is 17.0. The fourth-order valence-electron chi connectivity index (χ4n) is 3.12. The van der Waals surface area contributed by atoms with Gasteiger partial charge in [0.1, 0.15) is 5.75 Å². The Kier molecular flexibility index (Phi) is 5.58. The molecule has 122 valence electrons. The highest BCUT2D eigenvalue weighted by Gasteiger charge is 2.33. The number of fused-ring (bicyclic) bond motifs is 2. The third-order valence-corrected chi connectivity index (χ3v) is 4.10. The van der Waals surface area contributed by atoms with E-state index in [1.807, 2.05) is 0 Å². The van der Waals surface area contributed by atoms with Crippen molar-refractivity contribution in [2.24, 2.45) is 0 Å². The fourth-order valence-corrected chi connectivity index (χ4v) is 3.12. The molecule has 4 nitrogen and oxygen atoms in total. The Labute approximate surface area is 134 Å². The smallest absolute Gasteiger partial charge is 0.387 e. The van der Waals surface area contributed by atoms with Crippen molar-refractivity contribution < 1.29 is 18.3 Å². The number of carbonyl (C=O) groups excluding carboxylic acids is 1. The van der Waals surface area contributed by atoms with E-state index < -0.39 is 6.61 Å².